The normalized spacial score (nSPS) is 10.2. The Hall–Kier alpha value is -0.570. The first-order valence-corrected chi connectivity index (χ1v) is 5.03. The summed E-state index contributed by atoms with van der Waals surface area (Å²) in [6, 6.07) is 4.92. The second-order valence-electron chi connectivity index (χ2n) is 2.91. The van der Waals surface area contributed by atoms with Gasteiger partial charge in [-0.2, -0.15) is 0 Å². The van der Waals surface area contributed by atoms with Crippen molar-refractivity contribution < 1.29 is 4.79 Å². The predicted octanol–water partition coefficient (Wildman–Crippen LogP) is 2.79. The maximum atomic E-state index is 11.5. The Morgan fingerprint density at radius 1 is 1.36 bits per heavy atom. The zero-order chi connectivity index (χ0) is 10.6. The Kier molecular flexibility index (Phi) is 4.39. The van der Waals surface area contributed by atoms with E-state index in [1.54, 1.807) is 18.2 Å². The van der Waals surface area contributed by atoms with Gasteiger partial charge in [-0.1, -0.05) is 23.2 Å². The Bertz CT molecular complexity index is 339. The van der Waals surface area contributed by atoms with Crippen molar-refractivity contribution in [2.24, 2.45) is 0 Å². The molecule has 1 rings (SSSR count). The number of halogens is 2. The molecule has 0 fully saturated rings. The van der Waals surface area contributed by atoms with Crippen molar-refractivity contribution in [3.05, 3.63) is 33.8 Å². The molecule has 0 bridgehead atoms. The van der Waals surface area contributed by atoms with E-state index in [0.717, 1.165) is 0 Å². The highest BCUT2D eigenvalue weighted by atomic mass is 35.5. The van der Waals surface area contributed by atoms with Gasteiger partial charge in [-0.05, 0) is 25.2 Å². The number of rotatable bonds is 4. The summed E-state index contributed by atoms with van der Waals surface area (Å²) in [6.07, 6.45) is 0.467. The topological polar surface area (TPSA) is 29.1 Å². The molecule has 0 unspecified atom stereocenters. The van der Waals surface area contributed by atoms with Gasteiger partial charge >= 0.3 is 0 Å². The van der Waals surface area contributed by atoms with E-state index in [1.807, 2.05) is 7.05 Å². The molecular formula is C10H11Cl2NO. The summed E-state index contributed by atoms with van der Waals surface area (Å²) in [5, 5.41) is 3.80. The Morgan fingerprint density at radius 2 is 2.07 bits per heavy atom. The number of carbonyl (C=O) groups excluding carboxylic acids is 1. The molecule has 0 aliphatic rings. The lowest BCUT2D eigenvalue weighted by Gasteiger charge is -2.02. The molecule has 0 atom stereocenters. The van der Waals surface area contributed by atoms with Gasteiger partial charge < -0.3 is 5.32 Å². The van der Waals surface area contributed by atoms with E-state index in [-0.39, 0.29) is 5.78 Å². The molecule has 1 aromatic rings. The first-order valence-electron chi connectivity index (χ1n) is 4.28. The molecule has 4 heteroatoms. The van der Waals surface area contributed by atoms with Crippen LogP contribution in [-0.4, -0.2) is 19.4 Å². The van der Waals surface area contributed by atoms with Gasteiger partial charge in [0.25, 0.3) is 0 Å². The smallest absolute Gasteiger partial charge is 0.164 e. The SMILES string of the molecule is CNCCC(=O)c1ccc(Cl)c(Cl)c1. The Morgan fingerprint density at radius 3 is 2.64 bits per heavy atom. The molecule has 0 heterocycles. The second kappa shape index (κ2) is 5.35. The molecule has 14 heavy (non-hydrogen) atoms. The van der Waals surface area contributed by atoms with Crippen molar-refractivity contribution in [1.29, 1.82) is 0 Å². The highest BCUT2D eigenvalue weighted by molar-refractivity contribution is 6.42. The van der Waals surface area contributed by atoms with Crippen LogP contribution in [0.4, 0.5) is 0 Å². The molecule has 0 amide bonds. The molecule has 76 valence electrons. The Labute approximate surface area is 93.2 Å². The second-order valence-corrected chi connectivity index (χ2v) is 3.72. The van der Waals surface area contributed by atoms with E-state index in [2.05, 4.69) is 5.32 Å². The van der Waals surface area contributed by atoms with Crippen LogP contribution in [0.3, 0.4) is 0 Å². The van der Waals surface area contributed by atoms with Crippen LogP contribution in [0.2, 0.25) is 10.0 Å². The van der Waals surface area contributed by atoms with Crippen LogP contribution in [0, 0.1) is 0 Å². The number of nitrogens with one attached hydrogen (secondary N) is 1. The maximum absolute atomic E-state index is 11.5. The lowest BCUT2D eigenvalue weighted by atomic mass is 10.1. The number of ketones is 1. The van der Waals surface area contributed by atoms with Gasteiger partial charge in [0.1, 0.15) is 0 Å². The summed E-state index contributed by atoms with van der Waals surface area (Å²) >= 11 is 11.5. The van der Waals surface area contributed by atoms with Gasteiger partial charge in [-0.3, -0.25) is 4.79 Å². The summed E-state index contributed by atoms with van der Waals surface area (Å²) in [6.45, 7) is 0.666. The zero-order valence-electron chi connectivity index (χ0n) is 7.81. The zero-order valence-corrected chi connectivity index (χ0v) is 9.32. The van der Waals surface area contributed by atoms with Crippen LogP contribution in [0.15, 0.2) is 18.2 Å². The number of Topliss-reactive ketones (excluding diaryl/α,β-unsaturated/α-hetero) is 1. The minimum absolute atomic E-state index is 0.0675. The van der Waals surface area contributed by atoms with Crippen LogP contribution in [0.5, 0.6) is 0 Å². The number of hydrogen-bond acceptors (Lipinski definition) is 2. The molecule has 0 aromatic heterocycles. The first kappa shape index (κ1) is 11.5. The van der Waals surface area contributed by atoms with Crippen molar-refractivity contribution in [3.63, 3.8) is 0 Å². The third kappa shape index (κ3) is 2.98. The molecule has 0 aliphatic carbocycles. The van der Waals surface area contributed by atoms with Gasteiger partial charge in [0.2, 0.25) is 0 Å². The molecule has 1 aromatic carbocycles. The molecular weight excluding hydrogens is 221 g/mol. The van der Waals surface area contributed by atoms with Crippen LogP contribution < -0.4 is 5.32 Å². The van der Waals surface area contributed by atoms with Gasteiger partial charge in [0.05, 0.1) is 10.0 Å². The molecule has 2 nitrogen and oxygen atoms in total. The lowest BCUT2D eigenvalue weighted by Crippen LogP contribution is -2.12. The summed E-state index contributed by atoms with van der Waals surface area (Å²) in [7, 11) is 1.81. The van der Waals surface area contributed by atoms with Gasteiger partial charge in [-0.15, -0.1) is 0 Å². The fourth-order valence-electron chi connectivity index (χ4n) is 1.05. The first-order chi connectivity index (χ1) is 6.65. The molecule has 1 N–H and O–H groups in total. The quantitative estimate of drug-likeness (QED) is 0.808. The highest BCUT2D eigenvalue weighted by Gasteiger charge is 2.06. The maximum Gasteiger partial charge on any atom is 0.164 e. The van der Waals surface area contributed by atoms with E-state index in [9.17, 15) is 4.79 Å². The summed E-state index contributed by atoms with van der Waals surface area (Å²) in [5.41, 5.74) is 0.606. The van der Waals surface area contributed by atoms with Crippen molar-refractivity contribution in [2.75, 3.05) is 13.6 Å². The van der Waals surface area contributed by atoms with Gasteiger partial charge in [-0.25, -0.2) is 0 Å². The highest BCUT2D eigenvalue weighted by Crippen LogP contribution is 2.22. The van der Waals surface area contributed by atoms with E-state index in [4.69, 9.17) is 23.2 Å². The summed E-state index contributed by atoms with van der Waals surface area (Å²) in [5.74, 6) is 0.0675. The third-order valence-electron chi connectivity index (χ3n) is 1.84. The summed E-state index contributed by atoms with van der Waals surface area (Å²) < 4.78 is 0. The average Bonchev–Trinajstić information content (AvgIpc) is 2.18. The van der Waals surface area contributed by atoms with Crippen molar-refractivity contribution in [1.82, 2.24) is 5.32 Å². The lowest BCUT2D eigenvalue weighted by molar-refractivity contribution is 0.0983. The van der Waals surface area contributed by atoms with Crippen molar-refractivity contribution >= 4 is 29.0 Å². The van der Waals surface area contributed by atoms with Crippen molar-refractivity contribution in [2.45, 2.75) is 6.42 Å². The number of benzene rings is 1. The molecule has 0 radical (unpaired) electrons. The number of hydrogen-bond donors (Lipinski definition) is 1. The van der Waals surface area contributed by atoms with E-state index < -0.39 is 0 Å². The standard InChI is InChI=1S/C10H11Cl2NO/c1-13-5-4-10(14)7-2-3-8(11)9(12)6-7/h2-3,6,13H,4-5H2,1H3. The minimum Gasteiger partial charge on any atom is -0.319 e. The van der Waals surface area contributed by atoms with Gasteiger partial charge in [0.15, 0.2) is 5.78 Å². The minimum atomic E-state index is 0.0675. The monoisotopic (exact) mass is 231 g/mol. The van der Waals surface area contributed by atoms with Crippen LogP contribution in [-0.2, 0) is 0 Å². The molecule has 0 saturated heterocycles. The van der Waals surface area contributed by atoms with E-state index in [1.165, 1.54) is 0 Å². The van der Waals surface area contributed by atoms with E-state index in [0.29, 0.717) is 28.6 Å². The largest absolute Gasteiger partial charge is 0.319 e. The Balaban J connectivity index is 2.76. The fourth-order valence-corrected chi connectivity index (χ4v) is 1.35. The van der Waals surface area contributed by atoms with Crippen molar-refractivity contribution in [3.8, 4) is 0 Å². The average molecular weight is 232 g/mol. The van der Waals surface area contributed by atoms with Crippen LogP contribution in [0.25, 0.3) is 0 Å². The predicted molar refractivity (Wildman–Crippen MR) is 59.3 cm³/mol. The third-order valence-corrected chi connectivity index (χ3v) is 2.58. The fraction of sp³-hybridized carbons (Fsp3) is 0.300. The molecule has 0 saturated carbocycles. The summed E-state index contributed by atoms with van der Waals surface area (Å²) in [4.78, 5) is 11.5. The van der Waals surface area contributed by atoms with E-state index >= 15 is 0 Å². The molecule has 0 spiro atoms. The van der Waals surface area contributed by atoms with Crippen LogP contribution >= 0.6 is 23.2 Å². The number of carbonyl (C=O) groups is 1. The molecule has 0 aliphatic heterocycles. The van der Waals surface area contributed by atoms with Gasteiger partial charge in [0, 0.05) is 18.5 Å². The van der Waals surface area contributed by atoms with Crippen LogP contribution in [0.1, 0.15) is 16.8 Å².